The van der Waals surface area contributed by atoms with Crippen molar-refractivity contribution in [3.63, 3.8) is 0 Å². The van der Waals surface area contributed by atoms with Gasteiger partial charge < -0.3 is 43.4 Å². The number of carboxylic acids is 2. The first kappa shape index (κ1) is 29.3. The van der Waals surface area contributed by atoms with Gasteiger partial charge in [0.05, 0.1) is 12.5 Å². The molecule has 32 heavy (non-hydrogen) atoms. The molecule has 16 heteroatoms. The van der Waals surface area contributed by atoms with Crippen molar-refractivity contribution in [1.29, 1.82) is 0 Å². The lowest BCUT2D eigenvalue weighted by molar-refractivity contribution is -0.143. The molecule has 14 nitrogen and oxygen atoms in total. The minimum absolute atomic E-state index is 0.0105. The van der Waals surface area contributed by atoms with Crippen LogP contribution in [0.4, 0.5) is 0 Å². The van der Waals surface area contributed by atoms with Gasteiger partial charge in [0.1, 0.15) is 18.1 Å². The average molecular weight is 496 g/mol. The van der Waals surface area contributed by atoms with Crippen molar-refractivity contribution in [3.05, 3.63) is 0 Å². The number of guanidine groups is 1. The lowest BCUT2D eigenvalue weighted by Crippen LogP contribution is -2.58. The second-order valence-corrected chi connectivity index (χ2v) is 7.27. The molecule has 182 valence electrons. The highest BCUT2D eigenvalue weighted by Crippen LogP contribution is 2.03. The number of hydrogen-bond acceptors (Lipinski definition) is 9. The van der Waals surface area contributed by atoms with Crippen LogP contribution in [0.3, 0.4) is 0 Å². The molecule has 0 saturated heterocycles. The maximum atomic E-state index is 12.5. The van der Waals surface area contributed by atoms with Crippen LogP contribution >= 0.6 is 25.3 Å². The first-order valence-electron chi connectivity index (χ1n) is 9.31. The Morgan fingerprint density at radius 2 is 1.38 bits per heavy atom. The Morgan fingerprint density at radius 3 is 1.84 bits per heavy atom. The lowest BCUT2D eigenvalue weighted by atomic mass is 10.1. The van der Waals surface area contributed by atoms with E-state index in [-0.39, 0.29) is 36.9 Å². The highest BCUT2D eigenvalue weighted by Gasteiger charge is 2.31. The van der Waals surface area contributed by atoms with E-state index in [0.717, 1.165) is 0 Å². The minimum Gasteiger partial charge on any atom is -0.481 e. The van der Waals surface area contributed by atoms with Crippen LogP contribution in [0.5, 0.6) is 0 Å². The molecule has 4 unspecified atom stereocenters. The van der Waals surface area contributed by atoms with E-state index in [1.807, 2.05) is 0 Å². The van der Waals surface area contributed by atoms with Crippen LogP contribution in [0.15, 0.2) is 4.99 Å². The molecule has 0 aliphatic heterocycles. The molecule has 4 atom stereocenters. The Balaban J connectivity index is 5.23. The van der Waals surface area contributed by atoms with Gasteiger partial charge in [0.2, 0.25) is 17.7 Å². The normalized spacial score (nSPS) is 14.2. The number of aliphatic carboxylic acids is 2. The largest absolute Gasteiger partial charge is 0.481 e. The van der Waals surface area contributed by atoms with E-state index in [2.05, 4.69) is 46.2 Å². The molecule has 0 aliphatic rings. The summed E-state index contributed by atoms with van der Waals surface area (Å²) in [5.74, 6) is -5.77. The molecule has 0 saturated carbocycles. The van der Waals surface area contributed by atoms with Gasteiger partial charge in [0, 0.05) is 18.1 Å². The smallest absolute Gasteiger partial charge is 0.326 e. The van der Waals surface area contributed by atoms with Gasteiger partial charge in [-0.1, -0.05) is 0 Å². The van der Waals surface area contributed by atoms with E-state index in [1.165, 1.54) is 0 Å². The predicted octanol–water partition coefficient (Wildman–Crippen LogP) is -3.76. The number of rotatable bonds is 15. The summed E-state index contributed by atoms with van der Waals surface area (Å²) in [6, 6.07) is -5.21. The monoisotopic (exact) mass is 495 g/mol. The summed E-state index contributed by atoms with van der Waals surface area (Å²) in [7, 11) is 0. The third-order valence-corrected chi connectivity index (χ3v) is 4.68. The minimum atomic E-state index is -1.61. The van der Waals surface area contributed by atoms with Crippen molar-refractivity contribution in [2.75, 3.05) is 18.1 Å². The number of nitrogens with one attached hydrogen (secondary N) is 3. The molecule has 3 amide bonds. The molecule has 11 N–H and O–H groups in total. The molecule has 0 heterocycles. The van der Waals surface area contributed by atoms with E-state index in [4.69, 9.17) is 22.3 Å². The van der Waals surface area contributed by atoms with Crippen LogP contribution in [0.1, 0.15) is 19.3 Å². The molecule has 0 fully saturated rings. The van der Waals surface area contributed by atoms with E-state index >= 15 is 0 Å². The Morgan fingerprint density at radius 1 is 0.844 bits per heavy atom. The van der Waals surface area contributed by atoms with Gasteiger partial charge in [0.25, 0.3) is 0 Å². The second kappa shape index (κ2) is 15.1. The number of amides is 3. The summed E-state index contributed by atoms with van der Waals surface area (Å²) in [4.78, 5) is 63.1. The zero-order valence-electron chi connectivity index (χ0n) is 17.1. The van der Waals surface area contributed by atoms with Gasteiger partial charge in [-0.05, 0) is 12.8 Å². The zero-order chi connectivity index (χ0) is 24.8. The van der Waals surface area contributed by atoms with E-state index in [1.54, 1.807) is 0 Å². The molecule has 0 radical (unpaired) electrons. The van der Waals surface area contributed by atoms with Gasteiger partial charge in [-0.2, -0.15) is 25.3 Å². The standard InChI is InChI=1S/C16H29N7O7S2/c17-7(5-31)12(26)23-10(6-32)14(28)22-9(4-11(24)25)13(27)21-8(15(29)30)2-1-3-20-16(18)19/h7-10,31-32H,1-6,17H2,(H,21,27)(H,22,28)(H,23,26)(H,24,25)(H,29,30)(H4,18,19,20). The van der Waals surface area contributed by atoms with Gasteiger partial charge in [-0.25, -0.2) is 4.79 Å². The van der Waals surface area contributed by atoms with Gasteiger partial charge in [0.15, 0.2) is 5.96 Å². The third-order valence-electron chi connectivity index (χ3n) is 3.92. The number of carboxylic acid groups (broad SMARTS) is 2. The fourth-order valence-electron chi connectivity index (χ4n) is 2.25. The van der Waals surface area contributed by atoms with Crippen LogP contribution in [0.2, 0.25) is 0 Å². The predicted molar refractivity (Wildman–Crippen MR) is 121 cm³/mol. The summed E-state index contributed by atoms with van der Waals surface area (Å²) in [6.07, 6.45) is -0.673. The fraction of sp³-hybridized carbons (Fsp3) is 0.625. The maximum Gasteiger partial charge on any atom is 0.326 e. The first-order chi connectivity index (χ1) is 14.9. The second-order valence-electron chi connectivity index (χ2n) is 6.54. The van der Waals surface area contributed by atoms with Crippen LogP contribution in [0, 0.1) is 0 Å². The number of nitrogens with two attached hydrogens (primary N) is 3. The van der Waals surface area contributed by atoms with Gasteiger partial charge >= 0.3 is 11.9 Å². The average Bonchev–Trinajstić information content (AvgIpc) is 2.71. The maximum absolute atomic E-state index is 12.5. The van der Waals surface area contributed by atoms with E-state index in [0.29, 0.717) is 0 Å². The Labute approximate surface area is 194 Å². The number of aliphatic imine (C=N–C) groups is 1. The van der Waals surface area contributed by atoms with Crippen LogP contribution < -0.4 is 33.2 Å². The first-order valence-corrected chi connectivity index (χ1v) is 10.6. The van der Waals surface area contributed by atoms with E-state index < -0.39 is 60.2 Å². The SMILES string of the molecule is NC(N)=NCCCC(NC(=O)C(CC(=O)O)NC(=O)C(CS)NC(=O)C(N)CS)C(=O)O. The topological polar surface area (TPSA) is 252 Å². The number of thiol groups is 2. The number of carbonyl (C=O) groups is 5. The molecule has 0 spiro atoms. The highest BCUT2D eigenvalue weighted by atomic mass is 32.1. The molecule has 0 bridgehead atoms. The third kappa shape index (κ3) is 11.6. The van der Waals surface area contributed by atoms with E-state index in [9.17, 15) is 29.1 Å². The van der Waals surface area contributed by atoms with Gasteiger partial charge in [-0.15, -0.1) is 0 Å². The Bertz CT molecular complexity index is 719. The Hall–Kier alpha value is -2.72. The number of nitrogens with zero attached hydrogens (tertiary/aromatic N) is 1. The van der Waals surface area contributed by atoms with Crippen molar-refractivity contribution >= 4 is 60.9 Å². The van der Waals surface area contributed by atoms with Crippen molar-refractivity contribution in [3.8, 4) is 0 Å². The summed E-state index contributed by atoms with van der Waals surface area (Å²) in [5, 5.41) is 25.0. The van der Waals surface area contributed by atoms with Crippen LogP contribution in [-0.2, 0) is 24.0 Å². The van der Waals surface area contributed by atoms with Crippen molar-refractivity contribution < 1.29 is 34.2 Å². The quantitative estimate of drug-likeness (QED) is 0.0459. The van der Waals surface area contributed by atoms with Gasteiger partial charge in [-0.3, -0.25) is 24.2 Å². The van der Waals surface area contributed by atoms with Crippen LogP contribution in [0.25, 0.3) is 0 Å². The number of carbonyl (C=O) groups excluding carboxylic acids is 3. The summed E-state index contributed by atoms with van der Waals surface area (Å²) in [6.45, 7) is 0.120. The van der Waals surface area contributed by atoms with Crippen molar-refractivity contribution in [2.45, 2.75) is 43.4 Å². The van der Waals surface area contributed by atoms with Crippen LogP contribution in [-0.4, -0.2) is 88.1 Å². The molecule has 0 aromatic carbocycles. The molecular formula is C16H29N7O7S2. The molecule has 0 aromatic rings. The van der Waals surface area contributed by atoms with Crippen molar-refractivity contribution in [1.82, 2.24) is 16.0 Å². The lowest BCUT2D eigenvalue weighted by Gasteiger charge is -2.23. The molecule has 0 rings (SSSR count). The number of hydrogen-bond donors (Lipinski definition) is 10. The molecular weight excluding hydrogens is 466 g/mol. The zero-order valence-corrected chi connectivity index (χ0v) is 18.9. The Kier molecular flexibility index (Phi) is 13.9. The summed E-state index contributed by atoms with van der Waals surface area (Å²) >= 11 is 7.83. The molecule has 0 aromatic heterocycles. The highest BCUT2D eigenvalue weighted by molar-refractivity contribution is 7.80. The summed E-state index contributed by atoms with van der Waals surface area (Å²) in [5.41, 5.74) is 15.9. The fourth-order valence-corrected chi connectivity index (χ4v) is 2.67. The van der Waals surface area contributed by atoms with Crippen molar-refractivity contribution in [2.24, 2.45) is 22.2 Å². The summed E-state index contributed by atoms with van der Waals surface area (Å²) < 4.78 is 0. The molecule has 0 aliphatic carbocycles.